The van der Waals surface area contributed by atoms with Gasteiger partial charge in [-0.25, -0.2) is 4.39 Å². The van der Waals surface area contributed by atoms with Crippen LogP contribution in [0.15, 0.2) is 18.2 Å². The SMILES string of the molecule is NCC(NC(=O)COc1ccc(F)cc1Cl)C1CCCCC1. The number of carbonyl (C=O) groups is 1. The summed E-state index contributed by atoms with van der Waals surface area (Å²) in [5.41, 5.74) is 5.78. The lowest BCUT2D eigenvalue weighted by molar-refractivity contribution is -0.124. The zero-order chi connectivity index (χ0) is 15.9. The number of rotatable bonds is 6. The summed E-state index contributed by atoms with van der Waals surface area (Å²) in [4.78, 5) is 12.0. The van der Waals surface area contributed by atoms with E-state index in [1.165, 1.54) is 31.4 Å². The molecule has 1 saturated carbocycles. The van der Waals surface area contributed by atoms with Crippen molar-refractivity contribution >= 4 is 17.5 Å². The third kappa shape index (κ3) is 4.85. The van der Waals surface area contributed by atoms with Gasteiger partial charge in [-0.05, 0) is 37.0 Å². The van der Waals surface area contributed by atoms with Crippen molar-refractivity contribution in [1.29, 1.82) is 0 Å². The minimum Gasteiger partial charge on any atom is -0.482 e. The normalized spacial score (nSPS) is 17.0. The van der Waals surface area contributed by atoms with Gasteiger partial charge in [0.2, 0.25) is 0 Å². The molecule has 0 saturated heterocycles. The summed E-state index contributed by atoms with van der Waals surface area (Å²) in [6, 6.07) is 3.79. The van der Waals surface area contributed by atoms with Gasteiger partial charge in [-0.15, -0.1) is 0 Å². The van der Waals surface area contributed by atoms with E-state index in [0.29, 0.717) is 18.2 Å². The molecule has 1 aliphatic carbocycles. The fraction of sp³-hybridized carbons (Fsp3) is 0.562. The molecule has 4 nitrogen and oxygen atoms in total. The van der Waals surface area contributed by atoms with Gasteiger partial charge in [0.1, 0.15) is 11.6 Å². The second kappa shape index (κ2) is 8.34. The molecule has 1 atom stereocenters. The Morgan fingerprint density at radius 1 is 1.41 bits per heavy atom. The van der Waals surface area contributed by atoms with Gasteiger partial charge >= 0.3 is 0 Å². The second-order valence-electron chi connectivity index (χ2n) is 5.67. The third-order valence-electron chi connectivity index (χ3n) is 4.07. The monoisotopic (exact) mass is 328 g/mol. The molecule has 1 fully saturated rings. The van der Waals surface area contributed by atoms with Gasteiger partial charge in [0.05, 0.1) is 5.02 Å². The van der Waals surface area contributed by atoms with Gasteiger partial charge in [0.25, 0.3) is 5.91 Å². The maximum Gasteiger partial charge on any atom is 0.258 e. The molecule has 0 radical (unpaired) electrons. The predicted molar refractivity (Wildman–Crippen MR) is 84.5 cm³/mol. The lowest BCUT2D eigenvalue weighted by Gasteiger charge is -2.30. The fourth-order valence-corrected chi connectivity index (χ4v) is 3.11. The van der Waals surface area contributed by atoms with Crippen LogP contribution in [0, 0.1) is 11.7 Å². The third-order valence-corrected chi connectivity index (χ3v) is 4.37. The van der Waals surface area contributed by atoms with Crippen molar-refractivity contribution in [2.24, 2.45) is 11.7 Å². The van der Waals surface area contributed by atoms with Gasteiger partial charge in [-0.3, -0.25) is 4.79 Å². The van der Waals surface area contributed by atoms with Crippen LogP contribution in [0.5, 0.6) is 5.75 Å². The van der Waals surface area contributed by atoms with Crippen LogP contribution in [0.1, 0.15) is 32.1 Å². The van der Waals surface area contributed by atoms with E-state index in [1.54, 1.807) is 0 Å². The molecule has 6 heteroatoms. The standard InChI is InChI=1S/C16H22ClFN2O2/c17-13-8-12(18)6-7-15(13)22-10-16(21)20-14(9-19)11-4-2-1-3-5-11/h6-8,11,14H,1-5,9-10,19H2,(H,20,21). The summed E-state index contributed by atoms with van der Waals surface area (Å²) < 4.78 is 18.3. The van der Waals surface area contributed by atoms with E-state index >= 15 is 0 Å². The highest BCUT2D eigenvalue weighted by atomic mass is 35.5. The maximum absolute atomic E-state index is 12.9. The van der Waals surface area contributed by atoms with Gasteiger partial charge in [0, 0.05) is 12.6 Å². The molecule has 22 heavy (non-hydrogen) atoms. The lowest BCUT2D eigenvalue weighted by atomic mass is 9.84. The smallest absolute Gasteiger partial charge is 0.258 e. The molecule has 1 aromatic rings. The van der Waals surface area contributed by atoms with Crippen LogP contribution in [0.25, 0.3) is 0 Å². The van der Waals surface area contributed by atoms with E-state index in [9.17, 15) is 9.18 Å². The molecule has 1 aliphatic rings. The van der Waals surface area contributed by atoms with Crippen LogP contribution in [-0.2, 0) is 4.79 Å². The molecule has 0 aliphatic heterocycles. The Kier molecular flexibility index (Phi) is 6.46. The average Bonchev–Trinajstić information content (AvgIpc) is 2.52. The zero-order valence-electron chi connectivity index (χ0n) is 12.5. The zero-order valence-corrected chi connectivity index (χ0v) is 13.2. The van der Waals surface area contributed by atoms with E-state index < -0.39 is 5.82 Å². The molecule has 0 aromatic heterocycles. The van der Waals surface area contributed by atoms with Crippen LogP contribution in [0.3, 0.4) is 0 Å². The number of carbonyl (C=O) groups excluding carboxylic acids is 1. The van der Waals surface area contributed by atoms with Crippen LogP contribution in [-0.4, -0.2) is 25.1 Å². The largest absolute Gasteiger partial charge is 0.482 e. The summed E-state index contributed by atoms with van der Waals surface area (Å²) in [5, 5.41) is 3.08. The number of halogens is 2. The molecular formula is C16H22ClFN2O2. The van der Waals surface area contributed by atoms with Crippen LogP contribution >= 0.6 is 11.6 Å². The van der Waals surface area contributed by atoms with Crippen LogP contribution in [0.2, 0.25) is 5.02 Å². The minimum atomic E-state index is -0.442. The number of amides is 1. The van der Waals surface area contributed by atoms with Crippen LogP contribution in [0.4, 0.5) is 4.39 Å². The first-order chi connectivity index (χ1) is 10.6. The van der Waals surface area contributed by atoms with Crippen molar-refractivity contribution in [3.63, 3.8) is 0 Å². The average molecular weight is 329 g/mol. The van der Waals surface area contributed by atoms with Crippen molar-refractivity contribution in [3.05, 3.63) is 29.0 Å². The Labute approximate surface area is 135 Å². The quantitative estimate of drug-likeness (QED) is 0.844. The molecule has 0 heterocycles. The van der Waals surface area contributed by atoms with Crippen molar-refractivity contribution in [1.82, 2.24) is 5.32 Å². The molecule has 2 rings (SSSR count). The Hall–Kier alpha value is -1.33. The Balaban J connectivity index is 1.83. The first-order valence-electron chi connectivity index (χ1n) is 7.67. The first kappa shape index (κ1) is 17.0. The van der Waals surface area contributed by atoms with Gasteiger partial charge in [-0.1, -0.05) is 30.9 Å². The molecule has 122 valence electrons. The second-order valence-corrected chi connectivity index (χ2v) is 6.08. The lowest BCUT2D eigenvalue weighted by Crippen LogP contribution is -2.47. The molecule has 0 bridgehead atoms. The Morgan fingerprint density at radius 3 is 2.77 bits per heavy atom. The van der Waals surface area contributed by atoms with E-state index in [4.69, 9.17) is 22.1 Å². The molecule has 1 aromatic carbocycles. The number of hydrogen-bond donors (Lipinski definition) is 2. The fourth-order valence-electron chi connectivity index (χ4n) is 2.89. The van der Waals surface area contributed by atoms with Crippen molar-refractivity contribution in [2.45, 2.75) is 38.1 Å². The summed E-state index contributed by atoms with van der Waals surface area (Å²) in [7, 11) is 0. The summed E-state index contributed by atoms with van der Waals surface area (Å²) in [6.07, 6.45) is 5.85. The number of nitrogens with two attached hydrogens (primary N) is 1. The van der Waals surface area contributed by atoms with Crippen LogP contribution < -0.4 is 15.8 Å². The summed E-state index contributed by atoms with van der Waals surface area (Å²) >= 11 is 5.85. The maximum atomic E-state index is 12.9. The van der Waals surface area contributed by atoms with E-state index in [-0.39, 0.29) is 23.6 Å². The van der Waals surface area contributed by atoms with Gasteiger partial charge in [0.15, 0.2) is 6.61 Å². The van der Waals surface area contributed by atoms with E-state index in [0.717, 1.165) is 18.9 Å². The molecule has 1 unspecified atom stereocenters. The molecule has 1 amide bonds. The number of hydrogen-bond acceptors (Lipinski definition) is 3. The molecule has 0 spiro atoms. The van der Waals surface area contributed by atoms with Crippen molar-refractivity contribution in [3.8, 4) is 5.75 Å². The highest BCUT2D eigenvalue weighted by Gasteiger charge is 2.24. The highest BCUT2D eigenvalue weighted by molar-refractivity contribution is 6.32. The highest BCUT2D eigenvalue weighted by Crippen LogP contribution is 2.26. The van der Waals surface area contributed by atoms with E-state index in [1.807, 2.05) is 0 Å². The molecular weight excluding hydrogens is 307 g/mol. The number of nitrogens with one attached hydrogen (secondary N) is 1. The summed E-state index contributed by atoms with van der Waals surface area (Å²) in [5.74, 6) is 0.0565. The van der Waals surface area contributed by atoms with Gasteiger partial charge < -0.3 is 15.8 Å². The molecule has 3 N–H and O–H groups in total. The summed E-state index contributed by atoms with van der Waals surface area (Å²) in [6.45, 7) is 0.266. The minimum absolute atomic E-state index is 0.0138. The van der Waals surface area contributed by atoms with Crippen molar-refractivity contribution < 1.29 is 13.9 Å². The Morgan fingerprint density at radius 2 is 2.14 bits per heavy atom. The topological polar surface area (TPSA) is 64.3 Å². The van der Waals surface area contributed by atoms with Crippen molar-refractivity contribution in [2.75, 3.05) is 13.2 Å². The van der Waals surface area contributed by atoms with E-state index in [2.05, 4.69) is 5.32 Å². The number of benzene rings is 1. The van der Waals surface area contributed by atoms with Gasteiger partial charge in [-0.2, -0.15) is 0 Å². The predicted octanol–water partition coefficient (Wildman–Crippen LogP) is 2.88. The number of ether oxygens (including phenoxy) is 1. The first-order valence-corrected chi connectivity index (χ1v) is 8.05. The Bertz CT molecular complexity index is 507.